The van der Waals surface area contributed by atoms with E-state index < -0.39 is 10.0 Å². The predicted octanol–water partition coefficient (Wildman–Crippen LogP) is 4.39. The summed E-state index contributed by atoms with van der Waals surface area (Å²) >= 11 is 0. The fraction of sp³-hybridized carbons (Fsp3) is 0.520. The lowest BCUT2D eigenvalue weighted by molar-refractivity contribution is -0.126. The lowest BCUT2D eigenvalue weighted by atomic mass is 9.98. The number of carbonyl (C=O) groups is 1. The molecule has 180 valence electrons. The van der Waals surface area contributed by atoms with E-state index >= 15 is 0 Å². The number of carbonyl (C=O) groups excluding carboxylic acids is 1. The molecule has 1 aliphatic heterocycles. The minimum Gasteiger partial charge on any atom is -0.355 e. The Kier molecular flexibility index (Phi) is 7.80. The zero-order valence-corrected chi connectivity index (χ0v) is 21.3. The van der Waals surface area contributed by atoms with E-state index in [0.717, 1.165) is 23.1 Å². The largest absolute Gasteiger partial charge is 0.355 e. The minimum atomic E-state index is -3.87. The van der Waals surface area contributed by atoms with Gasteiger partial charge in [0.05, 0.1) is 5.92 Å². The van der Waals surface area contributed by atoms with Crippen LogP contribution in [0.5, 0.6) is 0 Å². The van der Waals surface area contributed by atoms with Crippen molar-refractivity contribution in [2.45, 2.75) is 71.7 Å². The van der Waals surface area contributed by atoms with Crippen LogP contribution < -0.4 is 5.32 Å². The Balaban J connectivity index is 1.88. The topological polar surface area (TPSA) is 92.5 Å². The Morgan fingerprint density at radius 1 is 1.24 bits per heavy atom. The molecule has 0 bridgehead atoms. The minimum absolute atomic E-state index is 0.0650. The summed E-state index contributed by atoms with van der Waals surface area (Å²) < 4.78 is 34.0. The molecule has 1 aliphatic rings. The fourth-order valence-electron chi connectivity index (χ4n) is 4.38. The number of benzene rings is 1. The van der Waals surface area contributed by atoms with Gasteiger partial charge < -0.3 is 9.84 Å². The van der Waals surface area contributed by atoms with E-state index in [1.807, 2.05) is 40.7 Å². The third-order valence-corrected chi connectivity index (χ3v) is 8.35. The van der Waals surface area contributed by atoms with Crippen LogP contribution in [0.1, 0.15) is 66.8 Å². The highest BCUT2D eigenvalue weighted by molar-refractivity contribution is 7.89. The van der Waals surface area contributed by atoms with Crippen LogP contribution in [0.3, 0.4) is 0 Å². The van der Waals surface area contributed by atoms with Gasteiger partial charge in [-0.25, -0.2) is 8.42 Å². The van der Waals surface area contributed by atoms with E-state index in [0.29, 0.717) is 25.1 Å². The van der Waals surface area contributed by atoms with Crippen molar-refractivity contribution in [3.8, 4) is 0 Å². The zero-order valence-electron chi connectivity index (χ0n) is 20.4. The molecule has 33 heavy (non-hydrogen) atoms. The van der Waals surface area contributed by atoms with Gasteiger partial charge in [0.1, 0.15) is 5.69 Å². The van der Waals surface area contributed by atoms with Gasteiger partial charge in [-0.1, -0.05) is 35.9 Å². The van der Waals surface area contributed by atoms with Crippen LogP contribution in [-0.2, 0) is 14.8 Å². The fourth-order valence-corrected chi connectivity index (χ4v) is 6.15. The number of aromatic nitrogens is 1. The molecule has 1 fully saturated rings. The number of piperidine rings is 1. The highest BCUT2D eigenvalue weighted by atomic mass is 32.2. The van der Waals surface area contributed by atoms with Crippen molar-refractivity contribution in [1.29, 1.82) is 0 Å². The molecule has 1 amide bonds. The average Bonchev–Trinajstić information content (AvgIpc) is 3.14. The smallest absolute Gasteiger partial charge is 0.248 e. The molecular formula is C25H35N3O4S. The standard InChI is InChI=1S/C25H35N3O4S/c1-7-19(5)26-25(29)21-9-8-12-28(15-21)33(30,31)24-20(6)27-32-23(24)11-10-22-17(3)13-16(2)14-18(22)4/h10-11,13-14,19,21H,7-9,12,15H2,1-6H3,(H,26,29)/b11-10+/t19-,21-/m1/s1. The van der Waals surface area contributed by atoms with Crippen molar-refractivity contribution < 1.29 is 17.7 Å². The van der Waals surface area contributed by atoms with Gasteiger partial charge in [0.15, 0.2) is 10.7 Å². The van der Waals surface area contributed by atoms with E-state index in [9.17, 15) is 13.2 Å². The number of sulfonamides is 1. The summed E-state index contributed by atoms with van der Waals surface area (Å²) in [4.78, 5) is 12.7. The maximum Gasteiger partial charge on any atom is 0.248 e. The first-order valence-corrected chi connectivity index (χ1v) is 13.0. The lowest BCUT2D eigenvalue weighted by Crippen LogP contribution is -2.47. The van der Waals surface area contributed by atoms with Gasteiger partial charge in [-0.15, -0.1) is 0 Å². The molecule has 0 spiro atoms. The van der Waals surface area contributed by atoms with Gasteiger partial charge in [0.25, 0.3) is 0 Å². The van der Waals surface area contributed by atoms with E-state index in [4.69, 9.17) is 4.52 Å². The van der Waals surface area contributed by atoms with Gasteiger partial charge in [-0.3, -0.25) is 4.79 Å². The number of amides is 1. The van der Waals surface area contributed by atoms with E-state index in [2.05, 4.69) is 22.6 Å². The van der Waals surface area contributed by atoms with Gasteiger partial charge in [-0.05, 0) is 76.6 Å². The molecule has 3 rings (SSSR count). The molecule has 0 aliphatic carbocycles. The van der Waals surface area contributed by atoms with Crippen molar-refractivity contribution in [3.05, 3.63) is 45.8 Å². The summed E-state index contributed by atoms with van der Waals surface area (Å²) in [5, 5.41) is 6.92. The van der Waals surface area contributed by atoms with E-state index in [-0.39, 0.29) is 35.1 Å². The molecule has 1 aromatic carbocycles. The number of nitrogens with one attached hydrogen (secondary N) is 1. The molecule has 1 N–H and O–H groups in total. The second-order valence-electron chi connectivity index (χ2n) is 9.13. The molecule has 2 atom stereocenters. The van der Waals surface area contributed by atoms with Crippen LogP contribution in [0.15, 0.2) is 21.6 Å². The molecule has 1 saturated heterocycles. The van der Waals surface area contributed by atoms with Crippen molar-refractivity contribution in [3.63, 3.8) is 0 Å². The predicted molar refractivity (Wildman–Crippen MR) is 130 cm³/mol. The first-order chi connectivity index (χ1) is 15.5. The van der Waals surface area contributed by atoms with Crippen molar-refractivity contribution in [2.75, 3.05) is 13.1 Å². The average molecular weight is 474 g/mol. The van der Waals surface area contributed by atoms with Crippen molar-refractivity contribution in [2.24, 2.45) is 5.92 Å². The first kappa shape index (κ1) is 25.2. The third-order valence-electron chi connectivity index (χ3n) is 6.33. The SMILES string of the molecule is CC[C@@H](C)NC(=O)[C@@H]1CCCN(S(=O)(=O)c2c(C)noc2/C=C/c2c(C)cc(C)cc2C)C1. The number of aryl methyl sites for hydroxylation is 4. The molecule has 1 aromatic heterocycles. The Bertz CT molecular complexity index is 1130. The van der Waals surface area contributed by atoms with Crippen molar-refractivity contribution in [1.82, 2.24) is 14.8 Å². The van der Waals surface area contributed by atoms with Gasteiger partial charge in [0, 0.05) is 19.1 Å². The van der Waals surface area contributed by atoms with Crippen LogP contribution in [0.2, 0.25) is 0 Å². The number of rotatable bonds is 7. The van der Waals surface area contributed by atoms with Crippen LogP contribution in [-0.4, -0.2) is 42.9 Å². The molecule has 2 heterocycles. The summed E-state index contributed by atoms with van der Waals surface area (Å²) in [5.74, 6) is -0.241. The van der Waals surface area contributed by atoms with Gasteiger partial charge >= 0.3 is 0 Å². The first-order valence-electron chi connectivity index (χ1n) is 11.6. The summed E-state index contributed by atoms with van der Waals surface area (Å²) in [6, 6.07) is 4.25. The van der Waals surface area contributed by atoms with Crippen LogP contribution in [0.25, 0.3) is 12.2 Å². The molecule has 8 heteroatoms. The molecular weight excluding hydrogens is 438 g/mol. The van der Waals surface area contributed by atoms with Crippen LogP contribution >= 0.6 is 0 Å². The quantitative estimate of drug-likeness (QED) is 0.644. The summed E-state index contributed by atoms with van der Waals surface area (Å²) in [6.45, 7) is 12.2. The highest BCUT2D eigenvalue weighted by Gasteiger charge is 2.37. The molecule has 0 radical (unpaired) electrons. The van der Waals surface area contributed by atoms with E-state index in [1.165, 1.54) is 9.87 Å². The second kappa shape index (κ2) is 10.2. The molecule has 0 saturated carbocycles. The van der Waals surface area contributed by atoms with Gasteiger partial charge in [-0.2, -0.15) is 4.31 Å². The lowest BCUT2D eigenvalue weighted by Gasteiger charge is -2.31. The second-order valence-corrected chi connectivity index (χ2v) is 11.0. The summed E-state index contributed by atoms with van der Waals surface area (Å²) in [7, 11) is -3.87. The van der Waals surface area contributed by atoms with E-state index in [1.54, 1.807) is 13.0 Å². The zero-order chi connectivity index (χ0) is 24.3. The molecule has 0 unspecified atom stereocenters. The Morgan fingerprint density at radius 2 is 1.91 bits per heavy atom. The number of nitrogens with zero attached hydrogens (tertiary/aromatic N) is 2. The Morgan fingerprint density at radius 3 is 2.55 bits per heavy atom. The maximum atomic E-state index is 13.6. The Hall–Kier alpha value is -2.45. The van der Waals surface area contributed by atoms with Crippen LogP contribution in [0, 0.1) is 33.6 Å². The normalized spacial score (nSPS) is 18.5. The molecule has 7 nitrogen and oxygen atoms in total. The molecule has 2 aromatic rings. The van der Waals surface area contributed by atoms with Crippen molar-refractivity contribution >= 4 is 28.1 Å². The highest BCUT2D eigenvalue weighted by Crippen LogP contribution is 2.30. The van der Waals surface area contributed by atoms with Crippen LogP contribution in [0.4, 0.5) is 0 Å². The summed E-state index contributed by atoms with van der Waals surface area (Å²) in [5.41, 5.74) is 4.74. The third kappa shape index (κ3) is 5.55. The monoisotopic (exact) mass is 473 g/mol. The number of hydrogen-bond donors (Lipinski definition) is 1. The maximum absolute atomic E-state index is 13.6. The Labute approximate surface area is 197 Å². The van der Waals surface area contributed by atoms with Gasteiger partial charge in [0.2, 0.25) is 15.9 Å². The summed E-state index contributed by atoms with van der Waals surface area (Å²) in [6.07, 6.45) is 5.69. The number of hydrogen-bond acceptors (Lipinski definition) is 5.